The van der Waals surface area contributed by atoms with E-state index in [1.165, 1.54) is 30.6 Å². The highest BCUT2D eigenvalue weighted by Gasteiger charge is 2.26. The minimum Gasteiger partial charge on any atom is -0.464 e. The first kappa shape index (κ1) is 16.5. The maximum Gasteiger partial charge on any atom is 0.268 e. The molecule has 1 fully saturated rings. The molecule has 1 unspecified atom stereocenters. The first-order valence-corrected chi connectivity index (χ1v) is 9.91. The van der Waals surface area contributed by atoms with Crippen LogP contribution < -0.4 is 5.56 Å². The van der Waals surface area contributed by atoms with Crippen LogP contribution in [-0.4, -0.2) is 21.4 Å². The molecule has 1 aliphatic rings. The average molecular weight is 357 g/mol. The summed E-state index contributed by atoms with van der Waals surface area (Å²) in [5.41, 5.74) is 0.758. The second-order valence-corrected chi connectivity index (χ2v) is 7.56. The van der Waals surface area contributed by atoms with Crippen molar-refractivity contribution in [2.24, 2.45) is 0 Å². The summed E-state index contributed by atoms with van der Waals surface area (Å²) in [6.07, 6.45) is 5.61. The Morgan fingerprint density at radius 1 is 1.32 bits per heavy atom. The molecule has 1 saturated heterocycles. The van der Waals surface area contributed by atoms with Crippen LogP contribution in [0.2, 0.25) is 0 Å². The zero-order valence-electron chi connectivity index (χ0n) is 14.5. The van der Waals surface area contributed by atoms with Gasteiger partial charge in [0, 0.05) is 6.42 Å². The number of thiophene rings is 1. The topological polar surface area (TPSA) is 62.1 Å². The van der Waals surface area contributed by atoms with Gasteiger partial charge in [-0.3, -0.25) is 9.69 Å². The van der Waals surface area contributed by atoms with Crippen LogP contribution in [0.5, 0.6) is 0 Å². The molecule has 1 atom stereocenters. The van der Waals surface area contributed by atoms with Crippen molar-refractivity contribution >= 4 is 21.6 Å². The Bertz CT molecular complexity index is 911. The lowest BCUT2D eigenvalue weighted by Gasteiger charge is -2.27. The SMILES string of the molecule is CCc1ccc(C2CCCCCN2Cc2nc3ccsc3c(=O)[nH]2)o1. The predicted octanol–water partition coefficient (Wildman–Crippen LogP) is 4.26. The molecule has 1 aliphatic heterocycles. The molecule has 0 spiro atoms. The zero-order valence-corrected chi connectivity index (χ0v) is 15.3. The van der Waals surface area contributed by atoms with Crippen LogP contribution in [0.4, 0.5) is 0 Å². The fourth-order valence-corrected chi connectivity index (χ4v) is 4.36. The molecule has 0 aromatic carbocycles. The van der Waals surface area contributed by atoms with E-state index in [1.807, 2.05) is 11.4 Å². The summed E-state index contributed by atoms with van der Waals surface area (Å²) in [5, 5.41) is 1.92. The molecule has 0 aliphatic carbocycles. The molecule has 0 saturated carbocycles. The van der Waals surface area contributed by atoms with Crippen molar-refractivity contribution in [2.45, 2.75) is 51.6 Å². The number of nitrogens with one attached hydrogen (secondary N) is 1. The number of aromatic nitrogens is 2. The molecular weight excluding hydrogens is 334 g/mol. The molecule has 1 N–H and O–H groups in total. The number of furan rings is 1. The van der Waals surface area contributed by atoms with Gasteiger partial charge in [-0.15, -0.1) is 11.3 Å². The van der Waals surface area contributed by atoms with Crippen LogP contribution in [0.1, 0.15) is 56.0 Å². The van der Waals surface area contributed by atoms with Gasteiger partial charge in [0.05, 0.1) is 18.1 Å². The van der Waals surface area contributed by atoms with Gasteiger partial charge in [-0.05, 0) is 43.0 Å². The Hall–Kier alpha value is -1.92. The monoisotopic (exact) mass is 357 g/mol. The van der Waals surface area contributed by atoms with Crippen molar-refractivity contribution in [1.82, 2.24) is 14.9 Å². The maximum absolute atomic E-state index is 12.2. The summed E-state index contributed by atoms with van der Waals surface area (Å²) >= 11 is 1.44. The number of aryl methyl sites for hydroxylation is 1. The fourth-order valence-electron chi connectivity index (χ4n) is 3.63. The lowest BCUT2D eigenvalue weighted by molar-refractivity contribution is 0.164. The molecule has 0 bridgehead atoms. The van der Waals surface area contributed by atoms with Gasteiger partial charge in [0.1, 0.15) is 22.0 Å². The van der Waals surface area contributed by atoms with Gasteiger partial charge >= 0.3 is 0 Å². The van der Waals surface area contributed by atoms with E-state index >= 15 is 0 Å². The first-order chi connectivity index (χ1) is 12.2. The molecular formula is C19H23N3O2S. The van der Waals surface area contributed by atoms with Crippen molar-refractivity contribution < 1.29 is 4.42 Å². The van der Waals surface area contributed by atoms with E-state index in [0.717, 1.165) is 42.2 Å². The zero-order chi connectivity index (χ0) is 17.2. The summed E-state index contributed by atoms with van der Waals surface area (Å²) < 4.78 is 6.75. The average Bonchev–Trinajstić information content (AvgIpc) is 3.21. The number of hydrogen-bond acceptors (Lipinski definition) is 5. The summed E-state index contributed by atoms with van der Waals surface area (Å²) in [6, 6.07) is 6.36. The minimum absolute atomic E-state index is 0.0346. The largest absolute Gasteiger partial charge is 0.464 e. The van der Waals surface area contributed by atoms with E-state index in [0.29, 0.717) is 11.2 Å². The van der Waals surface area contributed by atoms with Crippen LogP contribution in [0.15, 0.2) is 32.8 Å². The highest BCUT2D eigenvalue weighted by Crippen LogP contribution is 2.32. The Morgan fingerprint density at radius 2 is 2.24 bits per heavy atom. The third-order valence-corrected chi connectivity index (χ3v) is 5.84. The number of likely N-dealkylation sites (tertiary alicyclic amines) is 1. The van der Waals surface area contributed by atoms with Crippen LogP contribution in [0, 0.1) is 0 Å². The third kappa shape index (κ3) is 3.41. The number of hydrogen-bond donors (Lipinski definition) is 1. The molecule has 3 aromatic rings. The highest BCUT2D eigenvalue weighted by atomic mass is 32.1. The van der Waals surface area contributed by atoms with Gasteiger partial charge in [-0.1, -0.05) is 19.8 Å². The van der Waals surface area contributed by atoms with E-state index in [9.17, 15) is 4.79 Å². The molecule has 132 valence electrons. The van der Waals surface area contributed by atoms with E-state index in [1.54, 1.807) is 0 Å². The van der Waals surface area contributed by atoms with Crippen LogP contribution in [-0.2, 0) is 13.0 Å². The van der Waals surface area contributed by atoms with Crippen LogP contribution >= 0.6 is 11.3 Å². The van der Waals surface area contributed by atoms with Gasteiger partial charge in [-0.2, -0.15) is 0 Å². The number of nitrogens with zero attached hydrogens (tertiary/aromatic N) is 2. The summed E-state index contributed by atoms with van der Waals surface area (Å²) in [6.45, 7) is 3.75. The van der Waals surface area contributed by atoms with E-state index in [2.05, 4.69) is 33.9 Å². The molecule has 4 rings (SSSR count). The maximum atomic E-state index is 12.2. The van der Waals surface area contributed by atoms with Gasteiger partial charge in [0.15, 0.2) is 0 Å². The Morgan fingerprint density at radius 3 is 3.08 bits per heavy atom. The standard InChI is InChI=1S/C19H23N3O2S/c1-2-13-7-8-16(24-13)15-6-4-3-5-10-22(15)12-17-20-14-9-11-25-18(14)19(23)21-17/h7-9,11,15H,2-6,10,12H2,1H3,(H,20,21,23). The second kappa shape index (κ2) is 7.14. The smallest absolute Gasteiger partial charge is 0.268 e. The van der Waals surface area contributed by atoms with Crippen LogP contribution in [0.25, 0.3) is 10.2 Å². The summed E-state index contributed by atoms with van der Waals surface area (Å²) in [5.74, 6) is 2.81. The molecule has 0 radical (unpaired) electrons. The fraction of sp³-hybridized carbons (Fsp3) is 0.474. The van der Waals surface area contributed by atoms with E-state index < -0.39 is 0 Å². The van der Waals surface area contributed by atoms with Gasteiger partial charge in [0.2, 0.25) is 0 Å². The lowest BCUT2D eigenvalue weighted by Crippen LogP contribution is -2.29. The second-order valence-electron chi connectivity index (χ2n) is 6.64. The Labute approximate surface area is 150 Å². The third-order valence-electron chi connectivity index (χ3n) is 4.94. The summed E-state index contributed by atoms with van der Waals surface area (Å²) in [7, 11) is 0. The molecule has 25 heavy (non-hydrogen) atoms. The number of H-pyrrole nitrogens is 1. The minimum atomic E-state index is -0.0346. The van der Waals surface area contributed by atoms with Crippen LogP contribution in [0.3, 0.4) is 0 Å². The van der Waals surface area contributed by atoms with Crippen molar-refractivity contribution in [1.29, 1.82) is 0 Å². The van der Waals surface area contributed by atoms with Crippen molar-refractivity contribution in [3.63, 3.8) is 0 Å². The molecule has 5 nitrogen and oxygen atoms in total. The lowest BCUT2D eigenvalue weighted by atomic mass is 10.1. The Balaban J connectivity index is 1.63. The highest BCUT2D eigenvalue weighted by molar-refractivity contribution is 7.17. The molecule has 6 heteroatoms. The molecule has 3 aromatic heterocycles. The number of aromatic amines is 1. The predicted molar refractivity (Wildman–Crippen MR) is 99.9 cm³/mol. The Kier molecular flexibility index (Phi) is 4.72. The van der Waals surface area contributed by atoms with Gasteiger partial charge in [0.25, 0.3) is 5.56 Å². The first-order valence-electron chi connectivity index (χ1n) is 9.03. The quantitative estimate of drug-likeness (QED) is 0.758. The molecule has 0 amide bonds. The van der Waals surface area contributed by atoms with E-state index in [-0.39, 0.29) is 11.6 Å². The number of fused-ring (bicyclic) bond motifs is 1. The number of rotatable bonds is 4. The summed E-state index contributed by atoms with van der Waals surface area (Å²) in [4.78, 5) is 22.3. The normalized spacial score (nSPS) is 19.3. The van der Waals surface area contributed by atoms with Gasteiger partial charge < -0.3 is 9.40 Å². The van der Waals surface area contributed by atoms with Crippen molar-refractivity contribution in [2.75, 3.05) is 6.54 Å². The van der Waals surface area contributed by atoms with Gasteiger partial charge in [-0.25, -0.2) is 4.98 Å². The van der Waals surface area contributed by atoms with Crippen molar-refractivity contribution in [3.8, 4) is 0 Å². The van der Waals surface area contributed by atoms with E-state index in [4.69, 9.17) is 4.42 Å². The molecule has 4 heterocycles. The van der Waals surface area contributed by atoms with Crippen molar-refractivity contribution in [3.05, 3.63) is 51.3 Å².